The van der Waals surface area contributed by atoms with Crippen LogP contribution in [0.15, 0.2) is 9.41 Å². The molecule has 1 aliphatic carbocycles. The molecule has 2 aliphatic rings. The fraction of sp³-hybridized carbons (Fsp3) is 0.810. The fourth-order valence-electron chi connectivity index (χ4n) is 4.34. The largest absolute Gasteiger partial charge is 0.444 e. The molecule has 0 bridgehead atoms. The van der Waals surface area contributed by atoms with Crippen molar-refractivity contribution < 1.29 is 17.6 Å². The molecule has 0 amide bonds. The fourth-order valence-corrected chi connectivity index (χ4v) is 4.34. The average molecular weight is 430 g/mol. The zero-order chi connectivity index (χ0) is 21.7. The van der Waals surface area contributed by atoms with Gasteiger partial charge in [-0.1, -0.05) is 0 Å². The first kappa shape index (κ1) is 22.9. The van der Waals surface area contributed by atoms with Crippen molar-refractivity contribution in [2.24, 2.45) is 16.8 Å². The highest BCUT2D eigenvalue weighted by atomic mass is 19.4. The van der Waals surface area contributed by atoms with E-state index in [1.807, 2.05) is 13.8 Å². The number of nitrogens with one attached hydrogen (secondary N) is 2. The zero-order valence-corrected chi connectivity index (χ0v) is 18.2. The minimum absolute atomic E-state index is 0.0596. The average Bonchev–Trinajstić information content (AvgIpc) is 3.03. The summed E-state index contributed by atoms with van der Waals surface area (Å²) in [7, 11) is 1.71. The second-order valence-electron chi connectivity index (χ2n) is 8.66. The molecule has 0 aromatic carbocycles. The molecule has 2 fully saturated rings. The van der Waals surface area contributed by atoms with Crippen LogP contribution in [0.4, 0.5) is 13.2 Å². The van der Waals surface area contributed by atoms with E-state index in [-0.39, 0.29) is 18.9 Å². The summed E-state index contributed by atoms with van der Waals surface area (Å²) in [4.78, 5) is 11.1. The molecule has 0 unspecified atom stereocenters. The van der Waals surface area contributed by atoms with Crippen molar-refractivity contribution in [1.82, 2.24) is 20.5 Å². The Balaban J connectivity index is 1.35. The third kappa shape index (κ3) is 6.36. The Morgan fingerprint density at radius 2 is 1.80 bits per heavy atom. The quantitative estimate of drug-likeness (QED) is 0.551. The highest BCUT2D eigenvalue weighted by Gasteiger charge is 2.41. The van der Waals surface area contributed by atoms with Crippen molar-refractivity contribution in [1.29, 1.82) is 0 Å². The molecule has 2 N–H and O–H groups in total. The predicted octanol–water partition coefficient (Wildman–Crippen LogP) is 3.79. The first-order chi connectivity index (χ1) is 14.2. The maximum absolute atomic E-state index is 12.8. The molecule has 6 nitrogen and oxygen atoms in total. The second kappa shape index (κ2) is 10.0. The van der Waals surface area contributed by atoms with Crippen molar-refractivity contribution in [3.8, 4) is 0 Å². The molecular weight excluding hydrogens is 395 g/mol. The van der Waals surface area contributed by atoms with Crippen molar-refractivity contribution in [2.75, 3.05) is 26.7 Å². The Hall–Kier alpha value is -1.77. The molecule has 1 saturated carbocycles. The number of piperidine rings is 1. The highest BCUT2D eigenvalue weighted by molar-refractivity contribution is 5.79. The Bertz CT molecular complexity index is 682. The summed E-state index contributed by atoms with van der Waals surface area (Å²) in [5, 5.41) is 6.68. The van der Waals surface area contributed by atoms with Crippen LogP contribution >= 0.6 is 0 Å². The molecule has 1 aromatic rings. The smallest absolute Gasteiger partial charge is 0.391 e. The van der Waals surface area contributed by atoms with Crippen LogP contribution in [0, 0.1) is 25.7 Å². The minimum atomic E-state index is -4.07. The van der Waals surface area contributed by atoms with Crippen LogP contribution in [0.5, 0.6) is 0 Å². The van der Waals surface area contributed by atoms with Crippen LogP contribution in [0.2, 0.25) is 0 Å². The molecule has 0 radical (unpaired) electrons. The summed E-state index contributed by atoms with van der Waals surface area (Å²) in [5.41, 5.74) is 0.954. The lowest BCUT2D eigenvalue weighted by atomic mass is 9.85. The molecule has 1 aliphatic heterocycles. The number of aryl methyl sites for hydroxylation is 2. The van der Waals surface area contributed by atoms with Crippen molar-refractivity contribution in [3.63, 3.8) is 0 Å². The lowest BCUT2D eigenvalue weighted by Crippen LogP contribution is -2.47. The maximum Gasteiger partial charge on any atom is 0.391 e. The van der Waals surface area contributed by atoms with Crippen molar-refractivity contribution in [3.05, 3.63) is 17.3 Å². The van der Waals surface area contributed by atoms with Gasteiger partial charge in [-0.25, -0.2) is 4.98 Å². The van der Waals surface area contributed by atoms with Crippen LogP contribution < -0.4 is 10.6 Å². The minimum Gasteiger partial charge on any atom is -0.444 e. The lowest BCUT2D eigenvalue weighted by molar-refractivity contribution is -0.182. The number of aromatic nitrogens is 1. The van der Waals surface area contributed by atoms with E-state index < -0.39 is 12.1 Å². The van der Waals surface area contributed by atoms with Gasteiger partial charge < -0.3 is 15.1 Å². The Morgan fingerprint density at radius 3 is 2.33 bits per heavy atom. The van der Waals surface area contributed by atoms with Crippen LogP contribution in [-0.4, -0.2) is 54.7 Å². The Labute approximate surface area is 176 Å². The van der Waals surface area contributed by atoms with Gasteiger partial charge in [0.25, 0.3) is 0 Å². The van der Waals surface area contributed by atoms with Crippen LogP contribution in [0.1, 0.15) is 55.9 Å². The standard InChI is InChI=1S/C21H34F3N5O/c1-14-15(2)30-19(27-14)13-29-10-8-16(9-11-29)12-26-20(25-3)28-18-6-4-17(5-7-18)21(22,23)24/h16-18H,4-13H2,1-3H3,(H2,25,26,28). The molecule has 9 heteroatoms. The second-order valence-corrected chi connectivity index (χ2v) is 8.66. The van der Waals surface area contributed by atoms with Gasteiger partial charge in [0.05, 0.1) is 18.2 Å². The van der Waals surface area contributed by atoms with Gasteiger partial charge in [-0.3, -0.25) is 9.89 Å². The van der Waals surface area contributed by atoms with E-state index in [1.165, 1.54) is 0 Å². The topological polar surface area (TPSA) is 65.7 Å². The van der Waals surface area contributed by atoms with Gasteiger partial charge in [0, 0.05) is 19.6 Å². The number of hydrogen-bond donors (Lipinski definition) is 2. The molecule has 170 valence electrons. The summed E-state index contributed by atoms with van der Waals surface area (Å²) in [6.07, 6.45) is -0.449. The van der Waals surface area contributed by atoms with Crippen molar-refractivity contribution >= 4 is 5.96 Å². The Morgan fingerprint density at radius 1 is 1.13 bits per heavy atom. The molecule has 3 rings (SSSR count). The summed E-state index contributed by atoms with van der Waals surface area (Å²) in [6, 6.07) is 0.0596. The van der Waals surface area contributed by atoms with E-state index in [9.17, 15) is 13.2 Å². The molecule has 0 spiro atoms. The molecule has 1 aromatic heterocycles. The number of hydrogen-bond acceptors (Lipinski definition) is 4. The van der Waals surface area contributed by atoms with E-state index in [0.717, 1.165) is 56.4 Å². The van der Waals surface area contributed by atoms with Gasteiger partial charge in [-0.2, -0.15) is 13.2 Å². The van der Waals surface area contributed by atoms with E-state index in [2.05, 4.69) is 25.5 Å². The van der Waals surface area contributed by atoms with E-state index in [1.54, 1.807) is 7.05 Å². The van der Waals surface area contributed by atoms with E-state index in [4.69, 9.17) is 4.42 Å². The first-order valence-corrected chi connectivity index (χ1v) is 10.9. The zero-order valence-electron chi connectivity index (χ0n) is 18.2. The number of alkyl halides is 3. The predicted molar refractivity (Wildman–Crippen MR) is 110 cm³/mol. The number of aliphatic imine (C=N–C) groups is 1. The number of guanidine groups is 1. The molecule has 0 atom stereocenters. The van der Waals surface area contributed by atoms with Crippen LogP contribution in [0.3, 0.4) is 0 Å². The summed E-state index contributed by atoms with van der Waals surface area (Å²) >= 11 is 0. The number of halogens is 3. The van der Waals surface area contributed by atoms with Gasteiger partial charge in [0.1, 0.15) is 5.76 Å². The van der Waals surface area contributed by atoms with Crippen LogP contribution in [0.25, 0.3) is 0 Å². The molecule has 1 saturated heterocycles. The summed E-state index contributed by atoms with van der Waals surface area (Å²) in [5.74, 6) is 1.76. The van der Waals surface area contributed by atoms with Gasteiger partial charge in [-0.15, -0.1) is 0 Å². The first-order valence-electron chi connectivity index (χ1n) is 10.9. The van der Waals surface area contributed by atoms with Gasteiger partial charge in [0.15, 0.2) is 5.96 Å². The lowest BCUT2D eigenvalue weighted by Gasteiger charge is -2.33. The monoisotopic (exact) mass is 429 g/mol. The molecule has 2 heterocycles. The van der Waals surface area contributed by atoms with Crippen LogP contribution in [-0.2, 0) is 6.54 Å². The molecule has 30 heavy (non-hydrogen) atoms. The van der Waals surface area contributed by atoms with E-state index >= 15 is 0 Å². The van der Waals surface area contributed by atoms with Gasteiger partial charge in [0.2, 0.25) is 5.89 Å². The number of rotatable bonds is 5. The third-order valence-corrected chi connectivity index (χ3v) is 6.45. The summed E-state index contributed by atoms with van der Waals surface area (Å²) < 4.78 is 44.2. The molecular formula is C21H34F3N5O. The van der Waals surface area contributed by atoms with Crippen molar-refractivity contribution in [2.45, 2.75) is 71.1 Å². The Kier molecular flexibility index (Phi) is 7.65. The number of oxazole rings is 1. The van der Waals surface area contributed by atoms with Gasteiger partial charge >= 0.3 is 6.18 Å². The highest BCUT2D eigenvalue weighted by Crippen LogP contribution is 2.37. The summed E-state index contributed by atoms with van der Waals surface area (Å²) in [6.45, 7) is 7.47. The number of likely N-dealkylation sites (tertiary alicyclic amines) is 1. The number of nitrogens with zero attached hydrogens (tertiary/aromatic N) is 3. The van der Waals surface area contributed by atoms with E-state index in [0.29, 0.717) is 24.7 Å². The third-order valence-electron chi connectivity index (χ3n) is 6.45. The SMILES string of the molecule is CN=C(NCC1CCN(Cc2nc(C)c(C)o2)CC1)NC1CCC(C(F)(F)F)CC1. The van der Waals surface area contributed by atoms with Gasteiger partial charge in [-0.05, 0) is 71.4 Å². The normalized spacial score (nSPS) is 24.8. The maximum atomic E-state index is 12.8.